The van der Waals surface area contributed by atoms with Gasteiger partial charge in [0.05, 0.1) is 7.11 Å². The number of hydrogen-bond donors (Lipinski definition) is 2. The summed E-state index contributed by atoms with van der Waals surface area (Å²) >= 11 is 0. The molecule has 7 nitrogen and oxygen atoms in total. The minimum atomic E-state index is -1.66. The number of likely N-dealkylation sites (tertiary alicyclic amines) is 1. The standard InChI is InChI=1S/C11H15NO6/c1-6-4-7(8(13)14)12(10(17)18-3)11(2,5-6)9(15)16/h7H,1,4-5H2,2-3H3,(H,13,14)(H,15,16). The lowest BCUT2D eigenvalue weighted by Crippen LogP contribution is -2.63. The Balaban J connectivity index is 3.29. The highest BCUT2D eigenvalue weighted by molar-refractivity contribution is 5.89. The van der Waals surface area contributed by atoms with Crippen LogP contribution in [0.25, 0.3) is 0 Å². The number of carboxylic acids is 2. The normalized spacial score (nSPS) is 27.8. The van der Waals surface area contributed by atoms with Crippen LogP contribution in [0.1, 0.15) is 19.8 Å². The molecule has 1 rings (SSSR count). The van der Waals surface area contributed by atoms with Crippen molar-refractivity contribution >= 4 is 18.0 Å². The summed E-state index contributed by atoms with van der Waals surface area (Å²) in [6, 6.07) is -1.28. The van der Waals surface area contributed by atoms with Crippen LogP contribution in [0.3, 0.4) is 0 Å². The molecule has 0 radical (unpaired) electrons. The predicted octanol–water partition coefficient (Wildman–Crippen LogP) is 0.701. The molecule has 0 bridgehead atoms. The van der Waals surface area contributed by atoms with Gasteiger partial charge in [0.2, 0.25) is 0 Å². The maximum Gasteiger partial charge on any atom is 0.411 e. The average Bonchev–Trinajstić information content (AvgIpc) is 2.26. The molecule has 7 heteroatoms. The molecule has 1 heterocycles. The fraction of sp³-hybridized carbons (Fsp3) is 0.545. The smallest absolute Gasteiger partial charge is 0.411 e. The molecule has 1 aliphatic rings. The SMILES string of the molecule is C=C1CC(C(=O)O)N(C(=O)OC)C(C)(C(=O)O)C1. The lowest BCUT2D eigenvalue weighted by molar-refractivity contribution is -0.157. The van der Waals surface area contributed by atoms with Crippen molar-refractivity contribution < 1.29 is 29.3 Å². The lowest BCUT2D eigenvalue weighted by Gasteiger charge is -2.44. The van der Waals surface area contributed by atoms with Gasteiger partial charge in [-0.3, -0.25) is 4.90 Å². The second kappa shape index (κ2) is 4.67. The molecule has 2 unspecified atom stereocenters. The number of carbonyl (C=O) groups excluding carboxylic acids is 1. The van der Waals surface area contributed by atoms with Crippen LogP contribution in [-0.2, 0) is 14.3 Å². The van der Waals surface area contributed by atoms with E-state index in [1.807, 2.05) is 0 Å². The van der Waals surface area contributed by atoms with E-state index in [-0.39, 0.29) is 12.8 Å². The number of aliphatic carboxylic acids is 2. The molecule has 0 aromatic rings. The van der Waals surface area contributed by atoms with E-state index in [1.54, 1.807) is 0 Å². The third kappa shape index (κ3) is 2.15. The Morgan fingerprint density at radius 2 is 2.00 bits per heavy atom. The van der Waals surface area contributed by atoms with Crippen molar-refractivity contribution in [1.82, 2.24) is 4.90 Å². The number of rotatable bonds is 2. The van der Waals surface area contributed by atoms with Gasteiger partial charge in [0.15, 0.2) is 0 Å². The molecule has 2 N–H and O–H groups in total. The van der Waals surface area contributed by atoms with Crippen LogP contribution in [0.5, 0.6) is 0 Å². The largest absolute Gasteiger partial charge is 0.480 e. The molecule has 2 atom stereocenters. The van der Waals surface area contributed by atoms with Crippen molar-refractivity contribution in [2.45, 2.75) is 31.3 Å². The summed E-state index contributed by atoms with van der Waals surface area (Å²) in [7, 11) is 1.08. The third-order valence-corrected chi connectivity index (χ3v) is 3.04. The number of methoxy groups -OCH3 is 1. The first-order chi connectivity index (χ1) is 8.24. The number of ether oxygens (including phenoxy) is 1. The van der Waals surface area contributed by atoms with Gasteiger partial charge >= 0.3 is 18.0 Å². The maximum absolute atomic E-state index is 11.7. The Kier molecular flexibility index (Phi) is 3.64. The zero-order chi connectivity index (χ0) is 14.1. The van der Waals surface area contributed by atoms with E-state index in [9.17, 15) is 19.5 Å². The van der Waals surface area contributed by atoms with E-state index in [1.165, 1.54) is 6.92 Å². The fourth-order valence-corrected chi connectivity index (χ4v) is 2.16. The Labute approximate surface area is 104 Å². The van der Waals surface area contributed by atoms with Crippen LogP contribution < -0.4 is 0 Å². The Bertz CT molecular complexity index is 418. The Morgan fingerprint density at radius 3 is 2.39 bits per heavy atom. The number of amides is 1. The van der Waals surface area contributed by atoms with E-state index < -0.39 is 29.6 Å². The summed E-state index contributed by atoms with van der Waals surface area (Å²) in [5.41, 5.74) is -1.18. The molecule has 1 amide bonds. The van der Waals surface area contributed by atoms with Gasteiger partial charge in [-0.2, -0.15) is 0 Å². The number of piperidine rings is 1. The Morgan fingerprint density at radius 1 is 1.44 bits per heavy atom. The second-order valence-electron chi connectivity index (χ2n) is 4.40. The van der Waals surface area contributed by atoms with Crippen molar-refractivity contribution in [1.29, 1.82) is 0 Å². The Hall–Kier alpha value is -2.05. The van der Waals surface area contributed by atoms with Gasteiger partial charge in [0, 0.05) is 6.42 Å². The molecule has 1 saturated heterocycles. The fourth-order valence-electron chi connectivity index (χ4n) is 2.16. The van der Waals surface area contributed by atoms with E-state index in [0.29, 0.717) is 5.57 Å². The van der Waals surface area contributed by atoms with E-state index in [4.69, 9.17) is 5.11 Å². The molecular formula is C11H15NO6. The molecular weight excluding hydrogens is 242 g/mol. The molecule has 18 heavy (non-hydrogen) atoms. The zero-order valence-corrected chi connectivity index (χ0v) is 10.2. The first kappa shape index (κ1) is 14.0. The highest BCUT2D eigenvalue weighted by Crippen LogP contribution is 2.35. The number of carbonyl (C=O) groups is 3. The van der Waals surface area contributed by atoms with Crippen LogP contribution >= 0.6 is 0 Å². The first-order valence-corrected chi connectivity index (χ1v) is 5.24. The summed E-state index contributed by atoms with van der Waals surface area (Å²) in [5.74, 6) is -2.58. The average molecular weight is 257 g/mol. The molecule has 1 aliphatic heterocycles. The van der Waals surface area contributed by atoms with Gasteiger partial charge in [-0.1, -0.05) is 12.2 Å². The van der Waals surface area contributed by atoms with Crippen LogP contribution in [-0.4, -0.2) is 51.8 Å². The summed E-state index contributed by atoms with van der Waals surface area (Å²) < 4.78 is 4.48. The van der Waals surface area contributed by atoms with Crippen LogP contribution in [0.2, 0.25) is 0 Å². The predicted molar refractivity (Wildman–Crippen MR) is 60.1 cm³/mol. The number of hydrogen-bond acceptors (Lipinski definition) is 4. The van der Waals surface area contributed by atoms with Crippen molar-refractivity contribution in [3.8, 4) is 0 Å². The van der Waals surface area contributed by atoms with Crippen molar-refractivity contribution in [3.05, 3.63) is 12.2 Å². The molecule has 100 valence electrons. The van der Waals surface area contributed by atoms with Gasteiger partial charge < -0.3 is 14.9 Å². The maximum atomic E-state index is 11.7. The van der Waals surface area contributed by atoms with Gasteiger partial charge in [-0.25, -0.2) is 14.4 Å². The molecule has 0 saturated carbocycles. The van der Waals surface area contributed by atoms with E-state index in [0.717, 1.165) is 12.0 Å². The highest BCUT2D eigenvalue weighted by Gasteiger charge is 2.52. The number of carboxylic acid groups (broad SMARTS) is 2. The third-order valence-electron chi connectivity index (χ3n) is 3.04. The van der Waals surface area contributed by atoms with Crippen LogP contribution in [0.15, 0.2) is 12.2 Å². The van der Waals surface area contributed by atoms with Gasteiger partial charge in [0.25, 0.3) is 0 Å². The molecule has 0 aliphatic carbocycles. The molecule has 0 spiro atoms. The van der Waals surface area contributed by atoms with Gasteiger partial charge in [0.1, 0.15) is 11.6 Å². The monoisotopic (exact) mass is 257 g/mol. The quantitative estimate of drug-likeness (QED) is 0.706. The summed E-state index contributed by atoms with van der Waals surface area (Å²) in [5, 5.41) is 18.3. The topological polar surface area (TPSA) is 104 Å². The van der Waals surface area contributed by atoms with Crippen molar-refractivity contribution in [2.24, 2.45) is 0 Å². The van der Waals surface area contributed by atoms with Crippen LogP contribution in [0.4, 0.5) is 4.79 Å². The summed E-state index contributed by atoms with van der Waals surface area (Å²) in [6.07, 6.45) is -0.950. The van der Waals surface area contributed by atoms with E-state index >= 15 is 0 Å². The lowest BCUT2D eigenvalue weighted by atomic mass is 9.82. The summed E-state index contributed by atoms with van der Waals surface area (Å²) in [6.45, 7) is 4.92. The minimum Gasteiger partial charge on any atom is -0.480 e. The summed E-state index contributed by atoms with van der Waals surface area (Å²) in [4.78, 5) is 34.9. The first-order valence-electron chi connectivity index (χ1n) is 5.24. The minimum absolute atomic E-state index is 0.00120. The number of nitrogens with zero attached hydrogens (tertiary/aromatic N) is 1. The molecule has 0 aromatic heterocycles. The second-order valence-corrected chi connectivity index (χ2v) is 4.40. The van der Waals surface area contributed by atoms with E-state index in [2.05, 4.69) is 11.3 Å². The van der Waals surface area contributed by atoms with Crippen LogP contribution in [0, 0.1) is 0 Å². The van der Waals surface area contributed by atoms with Gasteiger partial charge in [-0.15, -0.1) is 0 Å². The van der Waals surface area contributed by atoms with Crippen molar-refractivity contribution in [2.75, 3.05) is 7.11 Å². The molecule has 0 aromatic carbocycles. The molecule has 1 fully saturated rings. The zero-order valence-electron chi connectivity index (χ0n) is 10.2. The van der Waals surface area contributed by atoms with Crippen molar-refractivity contribution in [3.63, 3.8) is 0 Å². The van der Waals surface area contributed by atoms with Gasteiger partial charge in [-0.05, 0) is 13.3 Å². The highest BCUT2D eigenvalue weighted by atomic mass is 16.5.